The summed E-state index contributed by atoms with van der Waals surface area (Å²) in [7, 11) is 0. The summed E-state index contributed by atoms with van der Waals surface area (Å²) in [4.78, 5) is 32.4. The van der Waals surface area contributed by atoms with Gasteiger partial charge in [0.1, 0.15) is 12.2 Å². The Morgan fingerprint density at radius 3 is 2.27 bits per heavy atom. The summed E-state index contributed by atoms with van der Waals surface area (Å²) < 4.78 is 0. The zero-order valence-electron chi connectivity index (χ0n) is 7.44. The van der Waals surface area contributed by atoms with Crippen LogP contribution in [0, 0.1) is 0 Å². The molecule has 3 nitrogen and oxygen atoms in total. The van der Waals surface area contributed by atoms with Gasteiger partial charge in [-0.1, -0.05) is 18.2 Å². The molecule has 0 aliphatic rings. The lowest BCUT2D eigenvalue weighted by molar-refractivity contribution is -0.120. The van der Waals surface area contributed by atoms with Gasteiger partial charge in [0.15, 0.2) is 0 Å². The smallest absolute Gasteiger partial charge is 0.237 e. The molecule has 0 fully saturated rings. The first-order valence-corrected chi connectivity index (χ1v) is 4.75. The van der Waals surface area contributed by atoms with Crippen molar-refractivity contribution in [1.82, 2.24) is 0 Å². The third kappa shape index (κ3) is 2.88. The van der Waals surface area contributed by atoms with Crippen LogP contribution in [0.2, 0.25) is 0 Å². The molecule has 1 aromatic carbocycles. The molecule has 1 rings (SSSR count). The molecule has 0 N–H and O–H groups in total. The molecule has 5 heteroatoms. The van der Waals surface area contributed by atoms with E-state index in [1.165, 1.54) is 12.1 Å². The van der Waals surface area contributed by atoms with Crippen molar-refractivity contribution in [2.45, 2.75) is 5.92 Å². The number of hydrogen-bond donors (Lipinski definition) is 0. The van der Waals surface area contributed by atoms with Crippen LogP contribution in [-0.2, 0) is 9.59 Å². The number of rotatable bonds is 4. The van der Waals surface area contributed by atoms with Crippen LogP contribution in [0.3, 0.4) is 0 Å². The molecule has 0 radical (unpaired) electrons. The summed E-state index contributed by atoms with van der Waals surface area (Å²) in [6.45, 7) is 0. The predicted molar refractivity (Wildman–Crippen MR) is 56.3 cm³/mol. The molecule has 15 heavy (non-hydrogen) atoms. The molecule has 0 amide bonds. The molecular formula is C10H6Cl2O3. The first-order chi connectivity index (χ1) is 7.06. The second-order valence-corrected chi connectivity index (χ2v) is 3.57. The lowest BCUT2D eigenvalue weighted by atomic mass is 10.00. The van der Waals surface area contributed by atoms with E-state index in [0.29, 0.717) is 17.4 Å². The molecule has 0 saturated heterocycles. The van der Waals surface area contributed by atoms with E-state index >= 15 is 0 Å². The van der Waals surface area contributed by atoms with Gasteiger partial charge in [-0.05, 0) is 34.8 Å². The lowest BCUT2D eigenvalue weighted by Gasteiger charge is -2.07. The third-order valence-corrected chi connectivity index (χ3v) is 2.27. The molecule has 0 aliphatic carbocycles. The van der Waals surface area contributed by atoms with Crippen LogP contribution >= 0.6 is 23.2 Å². The highest BCUT2D eigenvalue weighted by Gasteiger charge is 2.25. The van der Waals surface area contributed by atoms with E-state index in [4.69, 9.17) is 23.2 Å². The van der Waals surface area contributed by atoms with Crippen molar-refractivity contribution in [2.75, 3.05) is 0 Å². The van der Waals surface area contributed by atoms with Gasteiger partial charge in [0.2, 0.25) is 10.5 Å². The molecule has 0 bridgehead atoms. The van der Waals surface area contributed by atoms with Gasteiger partial charge in [-0.3, -0.25) is 14.4 Å². The van der Waals surface area contributed by atoms with Gasteiger partial charge < -0.3 is 0 Å². The number of carbonyl (C=O) groups is 3. The highest BCUT2D eigenvalue weighted by atomic mass is 35.5. The van der Waals surface area contributed by atoms with Crippen LogP contribution < -0.4 is 0 Å². The summed E-state index contributed by atoms with van der Waals surface area (Å²) in [5, 5.41) is -1.73. The molecule has 0 aliphatic heterocycles. The minimum atomic E-state index is -1.21. The van der Waals surface area contributed by atoms with Crippen LogP contribution in [0.5, 0.6) is 0 Å². The predicted octanol–water partition coefficient (Wildman–Crippen LogP) is 2.11. The van der Waals surface area contributed by atoms with E-state index in [1.54, 1.807) is 12.1 Å². The van der Waals surface area contributed by atoms with Crippen LogP contribution in [0.1, 0.15) is 21.8 Å². The van der Waals surface area contributed by atoms with Crippen LogP contribution in [-0.4, -0.2) is 16.8 Å². The van der Waals surface area contributed by atoms with Crippen LogP contribution in [0.25, 0.3) is 0 Å². The van der Waals surface area contributed by atoms with E-state index in [0.717, 1.165) is 0 Å². The molecular weight excluding hydrogens is 239 g/mol. The standard InChI is InChI=1S/C10H6Cl2O3/c11-9(14)8(10(12)15)7-3-1-2-6(4-7)5-13/h1-5,8H. The summed E-state index contributed by atoms with van der Waals surface area (Å²) in [5.74, 6) is -1.21. The summed E-state index contributed by atoms with van der Waals surface area (Å²) in [6.07, 6.45) is 0.609. The maximum Gasteiger partial charge on any atom is 0.237 e. The van der Waals surface area contributed by atoms with Crippen molar-refractivity contribution in [3.05, 3.63) is 35.4 Å². The SMILES string of the molecule is O=Cc1cccc(C(C(=O)Cl)C(=O)Cl)c1. The first kappa shape index (κ1) is 11.9. The number of aldehydes is 1. The van der Waals surface area contributed by atoms with Gasteiger partial charge in [-0.2, -0.15) is 0 Å². The van der Waals surface area contributed by atoms with Crippen molar-refractivity contribution in [3.8, 4) is 0 Å². The largest absolute Gasteiger partial charge is 0.298 e. The average molecular weight is 245 g/mol. The zero-order chi connectivity index (χ0) is 11.4. The number of hydrogen-bond acceptors (Lipinski definition) is 3. The number of carbonyl (C=O) groups excluding carboxylic acids is 3. The van der Waals surface area contributed by atoms with E-state index in [1.807, 2.05) is 0 Å². The van der Waals surface area contributed by atoms with E-state index in [2.05, 4.69) is 0 Å². The highest BCUT2D eigenvalue weighted by molar-refractivity contribution is 6.74. The van der Waals surface area contributed by atoms with E-state index in [-0.39, 0.29) is 0 Å². The Labute approximate surface area is 96.0 Å². The molecule has 0 heterocycles. The molecule has 0 spiro atoms. The van der Waals surface area contributed by atoms with Gasteiger partial charge in [0.25, 0.3) is 0 Å². The second kappa shape index (κ2) is 5.05. The van der Waals surface area contributed by atoms with Crippen molar-refractivity contribution >= 4 is 40.0 Å². The Morgan fingerprint density at radius 1 is 1.20 bits per heavy atom. The number of halogens is 2. The molecule has 0 atom stereocenters. The summed E-state index contributed by atoms with van der Waals surface area (Å²) in [6, 6.07) is 6.01. The van der Waals surface area contributed by atoms with Crippen LogP contribution in [0.15, 0.2) is 24.3 Å². The average Bonchev–Trinajstić information content (AvgIpc) is 2.17. The maximum atomic E-state index is 11.0. The highest BCUT2D eigenvalue weighted by Crippen LogP contribution is 2.22. The van der Waals surface area contributed by atoms with E-state index < -0.39 is 16.4 Å². The molecule has 78 valence electrons. The molecule has 0 unspecified atom stereocenters. The quantitative estimate of drug-likeness (QED) is 0.463. The van der Waals surface area contributed by atoms with Crippen molar-refractivity contribution in [2.24, 2.45) is 0 Å². The Morgan fingerprint density at radius 2 is 1.80 bits per heavy atom. The van der Waals surface area contributed by atoms with E-state index in [9.17, 15) is 14.4 Å². The van der Waals surface area contributed by atoms with Crippen molar-refractivity contribution < 1.29 is 14.4 Å². The van der Waals surface area contributed by atoms with Gasteiger partial charge in [-0.15, -0.1) is 0 Å². The van der Waals surface area contributed by atoms with Gasteiger partial charge in [0, 0.05) is 5.56 Å². The Bertz CT molecular complexity index is 401. The minimum absolute atomic E-state index is 0.319. The number of benzene rings is 1. The Kier molecular flexibility index (Phi) is 4.00. The van der Waals surface area contributed by atoms with Crippen LogP contribution in [0.4, 0.5) is 0 Å². The minimum Gasteiger partial charge on any atom is -0.298 e. The summed E-state index contributed by atoms with van der Waals surface area (Å²) in [5.41, 5.74) is 0.674. The fourth-order valence-electron chi connectivity index (χ4n) is 1.16. The van der Waals surface area contributed by atoms with Gasteiger partial charge in [0.05, 0.1) is 0 Å². The fraction of sp³-hybridized carbons (Fsp3) is 0.100. The first-order valence-electron chi connectivity index (χ1n) is 4.00. The maximum absolute atomic E-state index is 11.0. The third-order valence-electron chi connectivity index (χ3n) is 1.83. The lowest BCUT2D eigenvalue weighted by Crippen LogP contribution is -2.13. The topological polar surface area (TPSA) is 51.2 Å². The van der Waals surface area contributed by atoms with Gasteiger partial charge in [-0.25, -0.2) is 0 Å². The van der Waals surface area contributed by atoms with Gasteiger partial charge >= 0.3 is 0 Å². The molecule has 1 aromatic rings. The van der Waals surface area contributed by atoms with Crippen molar-refractivity contribution in [1.29, 1.82) is 0 Å². The normalized spacial score (nSPS) is 10.1. The zero-order valence-corrected chi connectivity index (χ0v) is 8.96. The molecule has 0 aromatic heterocycles. The monoisotopic (exact) mass is 244 g/mol. The molecule has 0 saturated carbocycles. The summed E-state index contributed by atoms with van der Waals surface area (Å²) >= 11 is 10.5. The fourth-order valence-corrected chi connectivity index (χ4v) is 1.67. The van der Waals surface area contributed by atoms with Crippen molar-refractivity contribution in [3.63, 3.8) is 0 Å². The Balaban J connectivity index is 3.16. The second-order valence-electron chi connectivity index (χ2n) is 2.83. The Hall–Kier alpha value is -1.19.